The molecule has 1 rings (SSSR count). The Labute approximate surface area is 114 Å². The molecule has 0 aliphatic carbocycles. The maximum absolute atomic E-state index is 12.5. The van der Waals surface area contributed by atoms with E-state index in [0.29, 0.717) is 12.2 Å². The predicted molar refractivity (Wildman–Crippen MR) is 74.8 cm³/mol. The summed E-state index contributed by atoms with van der Waals surface area (Å²) in [5, 5.41) is 8.81. The van der Waals surface area contributed by atoms with Crippen molar-refractivity contribution in [1.82, 2.24) is 4.31 Å². The quantitative estimate of drug-likeness (QED) is 0.833. The Morgan fingerprint density at radius 3 is 2.53 bits per heavy atom. The Morgan fingerprint density at radius 1 is 1.42 bits per heavy atom. The van der Waals surface area contributed by atoms with Gasteiger partial charge in [0.15, 0.2) is 0 Å². The van der Waals surface area contributed by atoms with Crippen molar-refractivity contribution in [3.05, 3.63) is 23.8 Å². The molecule has 0 radical (unpaired) electrons. The van der Waals surface area contributed by atoms with Gasteiger partial charge in [-0.1, -0.05) is 6.92 Å². The lowest BCUT2D eigenvalue weighted by Gasteiger charge is -2.21. The van der Waals surface area contributed by atoms with Crippen molar-refractivity contribution < 1.29 is 8.42 Å². The van der Waals surface area contributed by atoms with Gasteiger partial charge in [-0.2, -0.15) is 9.57 Å². The molecule has 1 atom stereocenters. The van der Waals surface area contributed by atoms with Crippen molar-refractivity contribution in [3.8, 4) is 6.07 Å². The average Bonchev–Trinajstić information content (AvgIpc) is 2.34. The molecule has 0 saturated carbocycles. The van der Waals surface area contributed by atoms with E-state index >= 15 is 0 Å². The molecule has 6 heteroatoms. The monoisotopic (exact) mass is 281 g/mol. The highest BCUT2D eigenvalue weighted by Crippen LogP contribution is 2.21. The summed E-state index contributed by atoms with van der Waals surface area (Å²) in [6.45, 7) is 5.75. The highest BCUT2D eigenvalue weighted by atomic mass is 32.2. The molecule has 0 aromatic heterocycles. The van der Waals surface area contributed by atoms with Crippen LogP contribution in [0.15, 0.2) is 23.1 Å². The minimum Gasteiger partial charge on any atom is -0.399 e. The first kappa shape index (κ1) is 15.5. The average molecular weight is 281 g/mol. The minimum atomic E-state index is -3.60. The first-order valence-electron chi connectivity index (χ1n) is 6.08. The van der Waals surface area contributed by atoms with E-state index in [1.165, 1.54) is 10.4 Å². The topological polar surface area (TPSA) is 87.2 Å². The predicted octanol–water partition coefficient (Wildman–Crippen LogP) is 1.75. The van der Waals surface area contributed by atoms with Gasteiger partial charge in [-0.3, -0.25) is 0 Å². The fraction of sp³-hybridized carbons (Fsp3) is 0.462. The Kier molecular flexibility index (Phi) is 4.92. The summed E-state index contributed by atoms with van der Waals surface area (Å²) in [4.78, 5) is 0.178. The Bertz CT molecular complexity index is 570. The third kappa shape index (κ3) is 3.69. The number of anilines is 1. The van der Waals surface area contributed by atoms with Crippen LogP contribution in [0.25, 0.3) is 0 Å². The van der Waals surface area contributed by atoms with Gasteiger partial charge >= 0.3 is 0 Å². The fourth-order valence-corrected chi connectivity index (χ4v) is 3.50. The van der Waals surface area contributed by atoms with E-state index in [0.717, 1.165) is 5.56 Å². The summed E-state index contributed by atoms with van der Waals surface area (Å²) in [6, 6.07) is 6.80. The number of benzene rings is 1. The zero-order chi connectivity index (χ0) is 14.6. The molecule has 1 unspecified atom stereocenters. The Balaban J connectivity index is 3.17. The molecular formula is C13H19N3O2S. The second-order valence-corrected chi connectivity index (χ2v) is 6.50. The zero-order valence-corrected chi connectivity index (χ0v) is 12.2. The summed E-state index contributed by atoms with van der Waals surface area (Å²) in [5.74, 6) is -0.350. The normalized spacial score (nSPS) is 13.2. The lowest BCUT2D eigenvalue weighted by atomic mass is 10.2. The summed E-state index contributed by atoms with van der Waals surface area (Å²) in [5.41, 5.74) is 6.90. The number of aryl methyl sites for hydroxylation is 1. The second-order valence-electron chi connectivity index (χ2n) is 4.57. The minimum absolute atomic E-state index is 0.178. The number of rotatable bonds is 5. The van der Waals surface area contributed by atoms with E-state index in [4.69, 9.17) is 11.0 Å². The molecule has 0 aliphatic rings. The molecule has 19 heavy (non-hydrogen) atoms. The summed E-state index contributed by atoms with van der Waals surface area (Å²) in [6.07, 6.45) is 0. The SMILES string of the molecule is CCN(CC(C)C#N)S(=O)(=O)c1cc(C)cc(N)c1. The molecule has 1 aromatic carbocycles. The van der Waals surface area contributed by atoms with Crippen molar-refractivity contribution in [1.29, 1.82) is 5.26 Å². The van der Waals surface area contributed by atoms with Gasteiger partial charge < -0.3 is 5.73 Å². The van der Waals surface area contributed by atoms with Crippen molar-refractivity contribution in [2.24, 2.45) is 5.92 Å². The number of sulfonamides is 1. The van der Waals surface area contributed by atoms with Gasteiger partial charge in [0.2, 0.25) is 10.0 Å². The lowest BCUT2D eigenvalue weighted by Crippen LogP contribution is -2.34. The Morgan fingerprint density at radius 2 is 2.05 bits per heavy atom. The summed E-state index contributed by atoms with van der Waals surface area (Å²) >= 11 is 0. The third-order valence-corrected chi connectivity index (χ3v) is 4.68. The zero-order valence-electron chi connectivity index (χ0n) is 11.4. The van der Waals surface area contributed by atoms with Gasteiger partial charge in [-0.15, -0.1) is 0 Å². The molecule has 2 N–H and O–H groups in total. The first-order valence-corrected chi connectivity index (χ1v) is 7.52. The van der Waals surface area contributed by atoms with Crippen molar-refractivity contribution in [2.75, 3.05) is 18.8 Å². The molecule has 0 saturated heterocycles. The van der Waals surface area contributed by atoms with Crippen LogP contribution in [-0.2, 0) is 10.0 Å². The fourth-order valence-electron chi connectivity index (χ4n) is 1.82. The van der Waals surface area contributed by atoms with Crippen LogP contribution >= 0.6 is 0 Å². The maximum atomic E-state index is 12.5. The van der Waals surface area contributed by atoms with E-state index in [9.17, 15) is 8.42 Å². The van der Waals surface area contributed by atoms with Crippen LogP contribution in [0, 0.1) is 24.2 Å². The van der Waals surface area contributed by atoms with E-state index < -0.39 is 10.0 Å². The van der Waals surface area contributed by atoms with E-state index in [1.807, 2.05) is 6.07 Å². The van der Waals surface area contributed by atoms with Gasteiger partial charge in [0, 0.05) is 18.8 Å². The van der Waals surface area contributed by atoms with Gasteiger partial charge in [-0.05, 0) is 37.6 Å². The van der Waals surface area contributed by atoms with Crippen LogP contribution in [0.1, 0.15) is 19.4 Å². The molecule has 0 heterocycles. The summed E-state index contributed by atoms with van der Waals surface area (Å²) < 4.78 is 26.3. The standard InChI is InChI=1S/C13H19N3O2S/c1-4-16(9-11(3)8-14)19(17,18)13-6-10(2)5-12(15)7-13/h5-7,11H,4,9,15H2,1-3H3. The van der Waals surface area contributed by atoms with Crippen LogP contribution in [0.2, 0.25) is 0 Å². The number of hydrogen-bond donors (Lipinski definition) is 1. The van der Waals surface area contributed by atoms with Crippen LogP contribution in [0.5, 0.6) is 0 Å². The van der Waals surface area contributed by atoms with E-state index in [-0.39, 0.29) is 17.4 Å². The van der Waals surface area contributed by atoms with Gasteiger partial charge in [0.25, 0.3) is 0 Å². The van der Waals surface area contributed by atoms with Gasteiger partial charge in [0.05, 0.1) is 16.9 Å². The number of nitrogen functional groups attached to an aromatic ring is 1. The molecule has 104 valence electrons. The van der Waals surface area contributed by atoms with Crippen LogP contribution in [0.4, 0.5) is 5.69 Å². The van der Waals surface area contributed by atoms with E-state index in [1.54, 1.807) is 32.9 Å². The number of nitriles is 1. The molecule has 5 nitrogen and oxygen atoms in total. The number of nitrogens with zero attached hydrogens (tertiary/aromatic N) is 2. The molecule has 0 amide bonds. The highest BCUT2D eigenvalue weighted by Gasteiger charge is 2.25. The largest absolute Gasteiger partial charge is 0.399 e. The van der Waals surface area contributed by atoms with Gasteiger partial charge in [0.1, 0.15) is 0 Å². The number of hydrogen-bond acceptors (Lipinski definition) is 4. The molecule has 1 aromatic rings. The molecular weight excluding hydrogens is 262 g/mol. The highest BCUT2D eigenvalue weighted by molar-refractivity contribution is 7.89. The molecule has 0 spiro atoms. The van der Waals surface area contributed by atoms with Crippen LogP contribution in [0.3, 0.4) is 0 Å². The molecule has 0 aliphatic heterocycles. The van der Waals surface area contributed by atoms with Crippen LogP contribution < -0.4 is 5.73 Å². The maximum Gasteiger partial charge on any atom is 0.243 e. The van der Waals surface area contributed by atoms with Crippen molar-refractivity contribution in [2.45, 2.75) is 25.7 Å². The van der Waals surface area contributed by atoms with Crippen molar-refractivity contribution in [3.63, 3.8) is 0 Å². The smallest absolute Gasteiger partial charge is 0.243 e. The first-order chi connectivity index (χ1) is 8.81. The third-order valence-electron chi connectivity index (χ3n) is 2.76. The van der Waals surface area contributed by atoms with Gasteiger partial charge in [-0.25, -0.2) is 8.42 Å². The van der Waals surface area contributed by atoms with Crippen molar-refractivity contribution >= 4 is 15.7 Å². The lowest BCUT2D eigenvalue weighted by molar-refractivity contribution is 0.400. The molecule has 0 fully saturated rings. The Hall–Kier alpha value is -1.58. The van der Waals surface area contributed by atoms with Crippen LogP contribution in [-0.4, -0.2) is 25.8 Å². The molecule has 0 bridgehead atoms. The summed E-state index contributed by atoms with van der Waals surface area (Å²) in [7, 11) is -3.60. The number of nitrogens with two attached hydrogens (primary N) is 1. The second kappa shape index (κ2) is 6.04. The van der Waals surface area contributed by atoms with E-state index in [2.05, 4.69) is 0 Å².